The minimum atomic E-state index is -1.30. The first-order valence-electron chi connectivity index (χ1n) is 1.76. The molecule has 0 aliphatic rings. The summed E-state index contributed by atoms with van der Waals surface area (Å²) in [7, 11) is 0. The van der Waals surface area contributed by atoms with E-state index in [1.54, 1.807) is 9.44 Å². The molecule has 0 aliphatic carbocycles. The Kier molecular flexibility index (Phi) is 3.37. The average Bonchev–Trinajstić information content (AvgIpc) is 1.63. The van der Waals surface area contributed by atoms with E-state index >= 15 is 0 Å². The average molecular weight is 152 g/mol. The van der Waals surface area contributed by atoms with Crippen molar-refractivity contribution in [2.24, 2.45) is 0 Å². The van der Waals surface area contributed by atoms with E-state index in [0.29, 0.717) is 12.1 Å². The van der Waals surface area contributed by atoms with Crippen LogP contribution in [0.15, 0.2) is 0 Å². The molecule has 0 aromatic rings. The summed E-state index contributed by atoms with van der Waals surface area (Å²) in [6, 6.07) is 0. The number of nitrogens with one attached hydrogen (secondary N) is 2. The van der Waals surface area contributed by atoms with Crippen molar-refractivity contribution in [1.82, 2.24) is 9.44 Å². The van der Waals surface area contributed by atoms with Crippen molar-refractivity contribution in [2.45, 2.75) is 0 Å². The summed E-state index contributed by atoms with van der Waals surface area (Å²) in [5.41, 5.74) is 0. The van der Waals surface area contributed by atoms with Gasteiger partial charge in [0.15, 0.2) is 0 Å². The Morgan fingerprint density at radius 1 is 1.11 bits per heavy atom. The molecule has 0 fully saturated rings. The lowest BCUT2D eigenvalue weighted by atomic mass is 11.3. The second-order valence-corrected chi connectivity index (χ2v) is 1.53. The van der Waals surface area contributed by atoms with Gasteiger partial charge < -0.3 is 10.2 Å². The molecule has 2 amide bonds. The largest absolute Gasteiger partial charge is 0.464 e. The maximum atomic E-state index is 9.62. The van der Waals surface area contributed by atoms with Gasteiger partial charge in [0.2, 0.25) is 0 Å². The topological polar surface area (TPSA) is 98.7 Å². The normalized spacial score (nSPS) is 8.00. The summed E-state index contributed by atoms with van der Waals surface area (Å²) in [4.78, 5) is 19.2. The first-order valence-corrected chi connectivity index (χ1v) is 2.58. The van der Waals surface area contributed by atoms with Gasteiger partial charge in [0, 0.05) is 0 Å². The van der Waals surface area contributed by atoms with Gasteiger partial charge in [-0.2, -0.15) is 0 Å². The molecule has 0 rings (SSSR count). The lowest BCUT2D eigenvalue weighted by molar-refractivity contribution is 0.201. The van der Waals surface area contributed by atoms with Crippen LogP contribution in [0.25, 0.3) is 0 Å². The molecule has 6 nitrogen and oxygen atoms in total. The van der Waals surface area contributed by atoms with Crippen molar-refractivity contribution >= 4 is 24.3 Å². The van der Waals surface area contributed by atoms with Gasteiger partial charge in [0.05, 0.1) is 12.1 Å². The van der Waals surface area contributed by atoms with E-state index in [1.165, 1.54) is 0 Å². The van der Waals surface area contributed by atoms with Crippen molar-refractivity contribution < 1.29 is 19.8 Å². The van der Waals surface area contributed by atoms with Gasteiger partial charge in [-0.3, -0.25) is 0 Å². The molecular weight excluding hydrogens is 148 g/mol. The van der Waals surface area contributed by atoms with E-state index in [1.807, 2.05) is 0 Å². The van der Waals surface area contributed by atoms with Crippen LogP contribution in [0, 0.1) is 0 Å². The highest BCUT2D eigenvalue weighted by Gasteiger charge is 1.95. The zero-order valence-corrected chi connectivity index (χ0v) is 4.94. The molecule has 0 saturated heterocycles. The molecule has 0 aromatic carbocycles. The van der Waals surface area contributed by atoms with Gasteiger partial charge in [-0.25, -0.2) is 19.0 Å². The minimum Gasteiger partial charge on any atom is -0.464 e. The maximum absolute atomic E-state index is 9.62. The summed E-state index contributed by atoms with van der Waals surface area (Å²) in [6.45, 7) is 0. The number of hydrogen-bond acceptors (Lipinski definition) is 3. The van der Waals surface area contributed by atoms with Crippen LogP contribution in [-0.4, -0.2) is 22.4 Å². The monoisotopic (exact) mass is 152 g/mol. The molecule has 4 N–H and O–H groups in total. The van der Waals surface area contributed by atoms with Crippen molar-refractivity contribution in [3.8, 4) is 0 Å². The van der Waals surface area contributed by atoms with Crippen molar-refractivity contribution in [3.63, 3.8) is 0 Å². The Morgan fingerprint density at radius 3 is 1.67 bits per heavy atom. The first-order chi connectivity index (χ1) is 4.13. The second kappa shape index (κ2) is 3.84. The van der Waals surface area contributed by atoms with Gasteiger partial charge in [-0.05, 0) is 0 Å². The van der Waals surface area contributed by atoms with Gasteiger partial charge in [-0.15, -0.1) is 0 Å². The lowest BCUT2D eigenvalue weighted by Crippen LogP contribution is -2.22. The van der Waals surface area contributed by atoms with Crippen LogP contribution >= 0.6 is 12.1 Å². The van der Waals surface area contributed by atoms with Crippen LogP contribution in [-0.2, 0) is 0 Å². The summed E-state index contributed by atoms with van der Waals surface area (Å²) in [5.74, 6) is 0. The predicted octanol–water partition coefficient (Wildman–Crippen LogP) is 0.0848. The fourth-order valence-corrected chi connectivity index (χ4v) is 0.338. The smallest absolute Gasteiger partial charge is 0.416 e. The molecule has 0 saturated carbocycles. The maximum Gasteiger partial charge on any atom is 0.416 e. The molecule has 0 aliphatic heterocycles. The summed E-state index contributed by atoms with van der Waals surface area (Å²) >= 11 is 0.370. The zero-order valence-electron chi connectivity index (χ0n) is 4.12. The molecule has 0 spiro atoms. The highest BCUT2D eigenvalue weighted by Crippen LogP contribution is 1.82. The van der Waals surface area contributed by atoms with Gasteiger partial charge in [-0.1, -0.05) is 0 Å². The molecule has 0 unspecified atom stereocenters. The van der Waals surface area contributed by atoms with Crippen LogP contribution < -0.4 is 9.44 Å². The van der Waals surface area contributed by atoms with Crippen LogP contribution in [0.4, 0.5) is 9.59 Å². The molecule has 0 atom stereocenters. The molecular formula is C2H4N2O4S. The lowest BCUT2D eigenvalue weighted by Gasteiger charge is -1.95. The number of hydrogen-bond donors (Lipinski definition) is 4. The predicted molar refractivity (Wildman–Crippen MR) is 29.9 cm³/mol. The van der Waals surface area contributed by atoms with Crippen molar-refractivity contribution in [3.05, 3.63) is 0 Å². The Bertz CT molecular complexity index is 112. The van der Waals surface area contributed by atoms with Gasteiger partial charge in [0.1, 0.15) is 0 Å². The van der Waals surface area contributed by atoms with E-state index in [0.717, 1.165) is 0 Å². The van der Waals surface area contributed by atoms with Gasteiger partial charge >= 0.3 is 12.2 Å². The first kappa shape index (κ1) is 7.89. The second-order valence-electron chi connectivity index (χ2n) is 0.916. The van der Waals surface area contributed by atoms with E-state index in [9.17, 15) is 9.59 Å². The van der Waals surface area contributed by atoms with Crippen LogP contribution in [0.1, 0.15) is 0 Å². The summed E-state index contributed by atoms with van der Waals surface area (Å²) in [5, 5.41) is 15.7. The van der Waals surface area contributed by atoms with E-state index in [-0.39, 0.29) is 0 Å². The van der Waals surface area contributed by atoms with E-state index in [2.05, 4.69) is 0 Å². The summed E-state index contributed by atoms with van der Waals surface area (Å²) < 4.78 is 3.44. The van der Waals surface area contributed by atoms with Gasteiger partial charge in [0.25, 0.3) is 0 Å². The van der Waals surface area contributed by atoms with Crippen LogP contribution in [0.5, 0.6) is 0 Å². The highest BCUT2D eigenvalue weighted by molar-refractivity contribution is 7.96. The molecule has 0 heterocycles. The van der Waals surface area contributed by atoms with Crippen LogP contribution in [0.2, 0.25) is 0 Å². The van der Waals surface area contributed by atoms with Crippen molar-refractivity contribution in [2.75, 3.05) is 0 Å². The Hall–Kier alpha value is -1.11. The third-order valence-electron chi connectivity index (χ3n) is 0.277. The fraction of sp³-hybridized carbons (Fsp3) is 0. The Labute approximate surface area is 54.5 Å². The number of carbonyl (C=O) groups is 2. The highest BCUT2D eigenvalue weighted by atomic mass is 32.2. The molecule has 52 valence electrons. The van der Waals surface area contributed by atoms with Crippen LogP contribution in [0.3, 0.4) is 0 Å². The van der Waals surface area contributed by atoms with E-state index < -0.39 is 12.2 Å². The molecule has 0 aromatic heterocycles. The molecule has 7 heteroatoms. The zero-order chi connectivity index (χ0) is 7.28. The van der Waals surface area contributed by atoms with Crippen molar-refractivity contribution in [1.29, 1.82) is 0 Å². The number of amides is 2. The quantitative estimate of drug-likeness (QED) is 0.420. The molecule has 9 heavy (non-hydrogen) atoms. The number of carboxylic acid groups (broad SMARTS) is 2. The fourth-order valence-electron chi connectivity index (χ4n) is 0.113. The molecule has 0 bridgehead atoms. The standard InChI is InChI=1S/C2H4N2O4S/c5-1(6)3-9-4-2(7)8/h3-4H,(H,5,6)(H,7,8). The minimum absolute atomic E-state index is 0.370. The van der Waals surface area contributed by atoms with E-state index in [4.69, 9.17) is 10.2 Å². The third-order valence-corrected chi connectivity index (χ3v) is 0.830. The number of rotatable bonds is 2. The summed E-state index contributed by atoms with van der Waals surface area (Å²) in [6.07, 6.45) is -2.59. The Balaban J connectivity index is 3.10. The molecule has 0 radical (unpaired) electrons. The third kappa shape index (κ3) is 6.89. The SMILES string of the molecule is O=C(O)NSNC(=O)O. The Morgan fingerprint density at radius 2 is 1.44 bits per heavy atom.